The van der Waals surface area contributed by atoms with Gasteiger partial charge in [-0.15, -0.1) is 0 Å². The van der Waals surface area contributed by atoms with E-state index in [9.17, 15) is 30.0 Å². The predicted octanol–water partition coefficient (Wildman–Crippen LogP) is 0.260. The van der Waals surface area contributed by atoms with Crippen molar-refractivity contribution in [3.05, 3.63) is 4.13 Å². The Hall–Kier alpha value is -0.430. The highest BCUT2D eigenvalue weighted by atomic mass is 32.3. The topological polar surface area (TPSA) is 104 Å². The first kappa shape index (κ1) is 14.6. The summed E-state index contributed by atoms with van der Waals surface area (Å²) < 4.78 is 88.4. The summed E-state index contributed by atoms with van der Waals surface area (Å²) >= 11 is 0. The van der Waals surface area contributed by atoms with E-state index in [0.29, 0.717) is 0 Å². The van der Waals surface area contributed by atoms with E-state index in [0.717, 1.165) is 0 Å². The van der Waals surface area contributed by atoms with Gasteiger partial charge >= 0.3 is 5.51 Å². The second-order valence-corrected chi connectivity index (χ2v) is 6.52. The Balaban J connectivity index is 2.67. The fourth-order valence-corrected chi connectivity index (χ4v) is 2.46. The number of hydrogen-bond donors (Lipinski definition) is 0. The largest absolute Gasteiger partial charge is 0.480 e. The van der Waals surface area contributed by atoms with Crippen LogP contribution in [0.1, 0.15) is 6.92 Å². The molecule has 1 rings (SSSR count). The number of rotatable bonds is 5. The minimum Gasteiger partial charge on any atom is -0.404 e. The van der Waals surface area contributed by atoms with Crippen molar-refractivity contribution in [2.75, 3.05) is 13.2 Å². The van der Waals surface area contributed by atoms with Crippen molar-refractivity contribution in [1.29, 1.82) is 0 Å². The van der Waals surface area contributed by atoms with E-state index in [2.05, 4.69) is 8.92 Å². The second-order valence-electron chi connectivity index (χ2n) is 3.42. The molecule has 0 aromatic heterocycles. The predicted molar refractivity (Wildman–Crippen MR) is 47.6 cm³/mol. The Morgan fingerprint density at radius 2 is 1.82 bits per heavy atom. The van der Waals surface area contributed by atoms with E-state index in [4.69, 9.17) is 0 Å². The van der Waals surface area contributed by atoms with Gasteiger partial charge in [-0.25, -0.2) is 16.8 Å². The van der Waals surface area contributed by atoms with Crippen LogP contribution in [0.4, 0.5) is 13.2 Å². The molecule has 0 radical (unpaired) electrons. The van der Waals surface area contributed by atoms with Gasteiger partial charge in [0.15, 0.2) is 10.0 Å². The van der Waals surface area contributed by atoms with Crippen molar-refractivity contribution < 1.29 is 38.9 Å². The third kappa shape index (κ3) is 4.06. The zero-order valence-corrected chi connectivity index (χ0v) is 9.89. The number of halogens is 3. The number of nitrogens with zero attached hydrogens (tertiary/aromatic N) is 1. The molecule has 0 bridgehead atoms. The van der Waals surface area contributed by atoms with Crippen LogP contribution in [-0.2, 0) is 29.2 Å². The molecule has 0 aromatic rings. The van der Waals surface area contributed by atoms with E-state index in [-0.39, 0.29) is 6.61 Å². The van der Waals surface area contributed by atoms with Crippen molar-refractivity contribution in [1.82, 2.24) is 0 Å². The van der Waals surface area contributed by atoms with Crippen LogP contribution in [-0.4, -0.2) is 41.2 Å². The molecule has 17 heavy (non-hydrogen) atoms. The van der Waals surface area contributed by atoms with Crippen molar-refractivity contribution in [3.63, 3.8) is 0 Å². The first-order valence-corrected chi connectivity index (χ1v) is 6.76. The Labute approximate surface area is 95.2 Å². The van der Waals surface area contributed by atoms with Crippen molar-refractivity contribution in [3.8, 4) is 0 Å². The molecule has 1 aliphatic heterocycles. The summed E-state index contributed by atoms with van der Waals surface area (Å²) in [7, 11) is -11.3. The first-order chi connectivity index (χ1) is 7.37. The molecule has 1 aliphatic rings. The molecule has 0 aromatic carbocycles. The zero-order chi connectivity index (χ0) is 13.5. The van der Waals surface area contributed by atoms with Crippen LogP contribution in [0.25, 0.3) is 4.13 Å². The number of alkyl halides is 3. The molecule has 7 nitrogen and oxygen atoms in total. The summed E-state index contributed by atoms with van der Waals surface area (Å²) in [5.41, 5.74) is -6.71. The maximum Gasteiger partial charge on any atom is 0.480 e. The Kier molecular flexibility index (Phi) is 3.48. The number of hydrogen-bond acceptors (Lipinski definition) is 6. The molecular formula is C5H7F3NO6S2-. The smallest absolute Gasteiger partial charge is 0.404 e. The molecule has 1 unspecified atom stereocenters. The lowest BCUT2D eigenvalue weighted by atomic mass is 10.2. The molecule has 12 heteroatoms. The monoisotopic (exact) mass is 298 g/mol. The molecular weight excluding hydrogens is 291 g/mol. The lowest BCUT2D eigenvalue weighted by Crippen LogP contribution is -2.26. The summed E-state index contributed by atoms with van der Waals surface area (Å²) in [5, 5.41) is 0. The normalized spacial score (nSPS) is 25.9. The Morgan fingerprint density at radius 1 is 1.35 bits per heavy atom. The summed E-state index contributed by atoms with van der Waals surface area (Å²) in [6, 6.07) is 0. The van der Waals surface area contributed by atoms with Gasteiger partial charge in [-0.2, -0.15) is 13.2 Å². The average molecular weight is 298 g/mol. The lowest BCUT2D eigenvalue weighted by Gasteiger charge is -2.21. The third-order valence-electron chi connectivity index (χ3n) is 1.63. The van der Waals surface area contributed by atoms with Gasteiger partial charge in [0.1, 0.15) is 5.60 Å². The Bertz CT molecular complexity index is 490. The second kappa shape index (κ2) is 4.05. The maximum atomic E-state index is 11.8. The van der Waals surface area contributed by atoms with Crippen LogP contribution in [0.5, 0.6) is 0 Å². The molecule has 1 heterocycles. The summed E-state index contributed by atoms with van der Waals surface area (Å²) in [5.74, 6) is 0. The zero-order valence-electron chi connectivity index (χ0n) is 8.26. The molecule has 0 saturated carbocycles. The minimum atomic E-state index is -6.13. The minimum absolute atomic E-state index is 0.161. The quantitative estimate of drug-likeness (QED) is 0.674. The number of ether oxygens (including phenoxy) is 1. The van der Waals surface area contributed by atoms with Gasteiger partial charge in [-0.05, 0) is 6.92 Å². The van der Waals surface area contributed by atoms with E-state index in [1.165, 1.54) is 6.92 Å². The van der Waals surface area contributed by atoms with Crippen LogP contribution in [0.3, 0.4) is 0 Å². The van der Waals surface area contributed by atoms with E-state index < -0.39 is 38.0 Å². The first-order valence-electron chi connectivity index (χ1n) is 3.96. The lowest BCUT2D eigenvalue weighted by molar-refractivity contribution is -0.0425. The van der Waals surface area contributed by atoms with E-state index in [1.807, 2.05) is 0 Å². The third-order valence-corrected chi connectivity index (χ3v) is 4.15. The fraction of sp³-hybridized carbons (Fsp3) is 1.00. The van der Waals surface area contributed by atoms with Crippen molar-refractivity contribution in [2.45, 2.75) is 18.0 Å². The standard InChI is InChI=1S/C5H7F3NO6S2/c1-4(2-14-4)3-15-17(12,13)9-16(10,11)5(6,7)8/h2-3H2,1H3/q-1. The van der Waals surface area contributed by atoms with Gasteiger partial charge in [0, 0.05) is 0 Å². The van der Waals surface area contributed by atoms with Gasteiger partial charge < -0.3 is 8.86 Å². The maximum absolute atomic E-state index is 11.8. The van der Waals surface area contributed by atoms with Crippen LogP contribution in [0.15, 0.2) is 0 Å². The van der Waals surface area contributed by atoms with E-state index >= 15 is 0 Å². The van der Waals surface area contributed by atoms with Crippen LogP contribution in [0.2, 0.25) is 0 Å². The Morgan fingerprint density at radius 3 is 2.18 bits per heavy atom. The van der Waals surface area contributed by atoms with Gasteiger partial charge in [-0.3, -0.25) is 4.18 Å². The van der Waals surface area contributed by atoms with Crippen LogP contribution in [0, 0.1) is 0 Å². The highest BCUT2D eigenvalue weighted by molar-refractivity contribution is 8.10. The van der Waals surface area contributed by atoms with Gasteiger partial charge in [0.2, 0.25) is 10.3 Å². The van der Waals surface area contributed by atoms with Crippen molar-refractivity contribution >= 4 is 20.3 Å². The van der Waals surface area contributed by atoms with Gasteiger partial charge in [0.25, 0.3) is 0 Å². The molecule has 0 spiro atoms. The van der Waals surface area contributed by atoms with Crippen LogP contribution < -0.4 is 0 Å². The highest BCUT2D eigenvalue weighted by Crippen LogP contribution is 2.32. The van der Waals surface area contributed by atoms with Gasteiger partial charge in [0.05, 0.1) is 13.2 Å². The molecule has 0 amide bonds. The van der Waals surface area contributed by atoms with Crippen molar-refractivity contribution in [2.24, 2.45) is 0 Å². The van der Waals surface area contributed by atoms with E-state index in [1.54, 1.807) is 4.13 Å². The highest BCUT2D eigenvalue weighted by Gasteiger charge is 2.43. The molecule has 0 aliphatic carbocycles. The molecule has 1 fully saturated rings. The SMILES string of the molecule is CC1(COS(=O)(=O)[N-]S(=O)(=O)C(F)(F)F)CO1. The van der Waals surface area contributed by atoms with Crippen LogP contribution >= 0.6 is 0 Å². The van der Waals surface area contributed by atoms with Gasteiger partial charge in [-0.1, -0.05) is 0 Å². The summed E-state index contributed by atoms with van der Waals surface area (Å²) in [6.07, 6.45) is 0. The fourth-order valence-electron chi connectivity index (χ4n) is 0.590. The average Bonchev–Trinajstić information content (AvgIpc) is 2.78. The molecule has 102 valence electrons. The molecule has 0 N–H and O–H groups in total. The summed E-state index contributed by atoms with van der Waals surface area (Å²) in [6.45, 7) is 0.988. The number of epoxide rings is 1. The summed E-state index contributed by atoms with van der Waals surface area (Å²) in [4.78, 5) is 0. The number of sulfonamides is 1. The molecule has 1 atom stereocenters. The molecule has 1 saturated heterocycles.